The van der Waals surface area contributed by atoms with Crippen molar-refractivity contribution in [3.63, 3.8) is 0 Å². The molecule has 0 saturated heterocycles. The molecule has 0 fully saturated rings. The molecule has 1 N–H and O–H groups in total. The molecule has 20 heavy (non-hydrogen) atoms. The molecule has 1 aromatic heterocycles. The summed E-state index contributed by atoms with van der Waals surface area (Å²) in [6, 6.07) is 5.34. The first kappa shape index (κ1) is 14.2. The van der Waals surface area contributed by atoms with E-state index in [2.05, 4.69) is 5.10 Å². The van der Waals surface area contributed by atoms with Crippen LogP contribution in [0.1, 0.15) is 17.4 Å². The van der Waals surface area contributed by atoms with E-state index in [-0.39, 0.29) is 0 Å². The molecule has 2 rings (SSSR count). The summed E-state index contributed by atoms with van der Waals surface area (Å²) in [5.74, 6) is 1.57. The smallest absolute Gasteiger partial charge is 0.166 e. The minimum Gasteiger partial charge on any atom is -0.493 e. The summed E-state index contributed by atoms with van der Waals surface area (Å²) in [7, 11) is 6.37. The Morgan fingerprint density at radius 1 is 1.10 bits per heavy atom. The number of methoxy groups -OCH3 is 3. The van der Waals surface area contributed by atoms with Crippen LogP contribution in [0.4, 0.5) is 0 Å². The fourth-order valence-corrected chi connectivity index (χ4v) is 2.17. The number of rotatable bonds is 5. The van der Waals surface area contributed by atoms with E-state index >= 15 is 0 Å². The normalized spacial score (nSPS) is 12.1. The lowest BCUT2D eigenvalue weighted by Gasteiger charge is -2.18. The van der Waals surface area contributed by atoms with Gasteiger partial charge in [0.15, 0.2) is 17.2 Å². The van der Waals surface area contributed by atoms with Crippen LogP contribution in [0.25, 0.3) is 0 Å². The van der Waals surface area contributed by atoms with Gasteiger partial charge in [0, 0.05) is 12.6 Å². The van der Waals surface area contributed by atoms with E-state index < -0.39 is 6.10 Å². The molecule has 1 aromatic carbocycles. The van der Waals surface area contributed by atoms with Crippen LogP contribution in [0.3, 0.4) is 0 Å². The highest BCUT2D eigenvalue weighted by Crippen LogP contribution is 2.39. The molecule has 2 aromatic rings. The molecule has 1 heterocycles. The topological polar surface area (TPSA) is 65.7 Å². The monoisotopic (exact) mass is 278 g/mol. The van der Waals surface area contributed by atoms with Crippen molar-refractivity contribution in [3.05, 3.63) is 35.7 Å². The second-order valence-electron chi connectivity index (χ2n) is 4.21. The molecule has 6 nitrogen and oxygen atoms in total. The van der Waals surface area contributed by atoms with Crippen molar-refractivity contribution in [1.29, 1.82) is 0 Å². The Balaban J connectivity index is 2.53. The molecular formula is C14H18N2O4. The maximum Gasteiger partial charge on any atom is 0.166 e. The molecular weight excluding hydrogens is 260 g/mol. The second kappa shape index (κ2) is 5.83. The number of ether oxygens (including phenoxy) is 3. The molecule has 0 aliphatic rings. The first-order chi connectivity index (χ1) is 9.63. The summed E-state index contributed by atoms with van der Waals surface area (Å²) in [5, 5.41) is 14.7. The Morgan fingerprint density at radius 3 is 2.40 bits per heavy atom. The summed E-state index contributed by atoms with van der Waals surface area (Å²) >= 11 is 0. The van der Waals surface area contributed by atoms with Gasteiger partial charge in [-0.3, -0.25) is 4.68 Å². The number of aryl methyl sites for hydroxylation is 1. The third-order valence-electron chi connectivity index (χ3n) is 3.16. The number of nitrogens with zero attached hydrogens (tertiary/aromatic N) is 2. The molecule has 108 valence electrons. The summed E-state index contributed by atoms with van der Waals surface area (Å²) < 4.78 is 17.4. The van der Waals surface area contributed by atoms with Crippen molar-refractivity contribution >= 4 is 0 Å². The minimum absolute atomic E-state index is 0.491. The van der Waals surface area contributed by atoms with Crippen molar-refractivity contribution in [2.45, 2.75) is 6.10 Å². The van der Waals surface area contributed by atoms with E-state index in [9.17, 15) is 5.11 Å². The lowest BCUT2D eigenvalue weighted by atomic mass is 10.0. The molecule has 0 amide bonds. The zero-order chi connectivity index (χ0) is 14.7. The maximum absolute atomic E-state index is 10.6. The van der Waals surface area contributed by atoms with Crippen LogP contribution < -0.4 is 14.2 Å². The number of aliphatic hydroxyl groups is 1. The summed E-state index contributed by atoms with van der Waals surface area (Å²) in [6.45, 7) is 0. The van der Waals surface area contributed by atoms with E-state index in [0.29, 0.717) is 28.5 Å². The number of aromatic nitrogens is 2. The van der Waals surface area contributed by atoms with E-state index in [1.54, 1.807) is 43.2 Å². The molecule has 1 unspecified atom stereocenters. The van der Waals surface area contributed by atoms with Crippen molar-refractivity contribution in [2.24, 2.45) is 7.05 Å². The third-order valence-corrected chi connectivity index (χ3v) is 3.16. The molecule has 0 aliphatic carbocycles. The Hall–Kier alpha value is -2.21. The largest absolute Gasteiger partial charge is 0.493 e. The Labute approximate surface area is 117 Å². The predicted molar refractivity (Wildman–Crippen MR) is 73.4 cm³/mol. The summed E-state index contributed by atoms with van der Waals surface area (Å²) in [4.78, 5) is 0. The van der Waals surface area contributed by atoms with Crippen LogP contribution in [0, 0.1) is 0 Å². The minimum atomic E-state index is -0.928. The molecule has 0 saturated carbocycles. The van der Waals surface area contributed by atoms with Crippen molar-refractivity contribution in [3.8, 4) is 17.2 Å². The Bertz CT molecular complexity index is 595. The third kappa shape index (κ3) is 2.30. The van der Waals surface area contributed by atoms with Crippen LogP contribution in [-0.2, 0) is 7.05 Å². The van der Waals surface area contributed by atoms with Gasteiger partial charge in [-0.25, -0.2) is 0 Å². The van der Waals surface area contributed by atoms with E-state index in [1.165, 1.54) is 14.2 Å². The van der Waals surface area contributed by atoms with Gasteiger partial charge in [-0.05, 0) is 6.07 Å². The maximum atomic E-state index is 10.6. The van der Waals surface area contributed by atoms with Crippen LogP contribution >= 0.6 is 0 Å². The fraction of sp³-hybridized carbons (Fsp3) is 0.357. The van der Waals surface area contributed by atoms with E-state index in [4.69, 9.17) is 14.2 Å². The summed E-state index contributed by atoms with van der Waals surface area (Å²) in [6.07, 6.45) is 0.632. The molecule has 6 heteroatoms. The van der Waals surface area contributed by atoms with Crippen molar-refractivity contribution in [1.82, 2.24) is 9.78 Å². The highest BCUT2D eigenvalue weighted by molar-refractivity contribution is 5.50. The van der Waals surface area contributed by atoms with Crippen molar-refractivity contribution in [2.75, 3.05) is 21.3 Å². The number of para-hydroxylation sites is 1. The molecule has 0 aliphatic heterocycles. The number of hydrogen-bond acceptors (Lipinski definition) is 5. The lowest BCUT2D eigenvalue weighted by molar-refractivity contribution is 0.198. The van der Waals surface area contributed by atoms with Gasteiger partial charge in [-0.2, -0.15) is 5.10 Å². The van der Waals surface area contributed by atoms with Gasteiger partial charge in [-0.1, -0.05) is 12.1 Å². The van der Waals surface area contributed by atoms with Gasteiger partial charge in [0.25, 0.3) is 0 Å². The number of hydrogen-bond donors (Lipinski definition) is 1. The SMILES string of the molecule is COc1cccc(C(O)c2c(OC)cnn2C)c1OC. The molecule has 1 atom stereocenters. The number of benzene rings is 1. The van der Waals surface area contributed by atoms with Gasteiger partial charge in [0.05, 0.1) is 27.5 Å². The van der Waals surface area contributed by atoms with Crippen LogP contribution in [0.15, 0.2) is 24.4 Å². The standard InChI is InChI=1S/C14H18N2O4/c1-16-12(11(19-3)8-15-16)13(17)9-6-5-7-10(18-2)14(9)20-4/h5-8,13,17H,1-4H3. The van der Waals surface area contributed by atoms with Crippen LogP contribution in [0.5, 0.6) is 17.2 Å². The van der Waals surface area contributed by atoms with Crippen molar-refractivity contribution < 1.29 is 19.3 Å². The Kier molecular flexibility index (Phi) is 4.14. The lowest BCUT2D eigenvalue weighted by Crippen LogP contribution is -2.09. The average molecular weight is 278 g/mol. The first-order valence-corrected chi connectivity index (χ1v) is 6.08. The highest BCUT2D eigenvalue weighted by atomic mass is 16.5. The Morgan fingerprint density at radius 2 is 1.80 bits per heavy atom. The van der Waals surface area contributed by atoms with E-state index in [0.717, 1.165) is 0 Å². The first-order valence-electron chi connectivity index (χ1n) is 6.08. The molecule has 0 spiro atoms. The van der Waals surface area contributed by atoms with Gasteiger partial charge >= 0.3 is 0 Å². The zero-order valence-electron chi connectivity index (χ0n) is 12.0. The van der Waals surface area contributed by atoms with Crippen LogP contribution in [0.2, 0.25) is 0 Å². The predicted octanol–water partition coefficient (Wildman–Crippen LogP) is 1.53. The van der Waals surface area contributed by atoms with Gasteiger partial charge in [-0.15, -0.1) is 0 Å². The second-order valence-corrected chi connectivity index (χ2v) is 4.21. The highest BCUT2D eigenvalue weighted by Gasteiger charge is 2.24. The fourth-order valence-electron chi connectivity index (χ4n) is 2.17. The summed E-state index contributed by atoms with van der Waals surface area (Å²) in [5.41, 5.74) is 1.15. The molecule has 0 radical (unpaired) electrons. The van der Waals surface area contributed by atoms with Gasteiger partial charge < -0.3 is 19.3 Å². The quantitative estimate of drug-likeness (QED) is 0.898. The van der Waals surface area contributed by atoms with Gasteiger partial charge in [0.1, 0.15) is 11.8 Å². The molecule has 0 bridgehead atoms. The van der Waals surface area contributed by atoms with Gasteiger partial charge in [0.2, 0.25) is 0 Å². The average Bonchev–Trinajstić information content (AvgIpc) is 2.86. The number of aliphatic hydroxyl groups excluding tert-OH is 1. The van der Waals surface area contributed by atoms with Crippen LogP contribution in [-0.4, -0.2) is 36.2 Å². The van der Waals surface area contributed by atoms with E-state index in [1.807, 2.05) is 0 Å². The zero-order valence-corrected chi connectivity index (χ0v) is 12.0.